The van der Waals surface area contributed by atoms with Gasteiger partial charge in [-0.15, -0.1) is 0 Å². The summed E-state index contributed by atoms with van der Waals surface area (Å²) in [5, 5.41) is 10.8. The summed E-state index contributed by atoms with van der Waals surface area (Å²) in [4.78, 5) is 26.6. The first-order valence-corrected chi connectivity index (χ1v) is 6.22. The van der Waals surface area contributed by atoms with Gasteiger partial charge in [-0.25, -0.2) is 0 Å². The van der Waals surface area contributed by atoms with Crippen LogP contribution in [0, 0.1) is 17.0 Å². The van der Waals surface area contributed by atoms with Gasteiger partial charge in [0.05, 0.1) is 4.92 Å². The average molecular weight is 263 g/mol. The highest BCUT2D eigenvalue weighted by molar-refractivity contribution is 5.96. The van der Waals surface area contributed by atoms with Crippen LogP contribution in [-0.2, 0) is 0 Å². The number of benzene rings is 1. The minimum atomic E-state index is -0.472. The molecule has 0 saturated carbocycles. The van der Waals surface area contributed by atoms with Gasteiger partial charge < -0.3 is 9.80 Å². The normalized spacial score (nSPS) is 16.4. The third-order valence-electron chi connectivity index (χ3n) is 3.45. The van der Waals surface area contributed by atoms with Crippen LogP contribution >= 0.6 is 0 Å². The Morgan fingerprint density at radius 3 is 2.47 bits per heavy atom. The number of piperazine rings is 1. The molecule has 19 heavy (non-hydrogen) atoms. The zero-order chi connectivity index (χ0) is 14.0. The Morgan fingerprint density at radius 1 is 1.26 bits per heavy atom. The predicted octanol–water partition coefficient (Wildman–Crippen LogP) is 1.29. The van der Waals surface area contributed by atoms with E-state index in [0.29, 0.717) is 18.7 Å². The number of nitro groups is 1. The molecule has 2 rings (SSSR count). The fourth-order valence-corrected chi connectivity index (χ4v) is 2.13. The Morgan fingerprint density at radius 2 is 1.89 bits per heavy atom. The highest BCUT2D eigenvalue weighted by Gasteiger charge is 2.23. The van der Waals surface area contributed by atoms with Crippen molar-refractivity contribution in [2.24, 2.45) is 0 Å². The van der Waals surface area contributed by atoms with Crippen molar-refractivity contribution in [3.63, 3.8) is 0 Å². The molecule has 0 radical (unpaired) electrons. The number of carbonyl (C=O) groups excluding carboxylic acids is 1. The summed E-state index contributed by atoms with van der Waals surface area (Å²) in [7, 11) is 2.01. The maximum Gasteiger partial charge on any atom is 0.270 e. The van der Waals surface area contributed by atoms with Crippen molar-refractivity contribution < 1.29 is 9.72 Å². The highest BCUT2D eigenvalue weighted by atomic mass is 16.6. The molecule has 6 heteroatoms. The number of hydrogen-bond donors (Lipinski definition) is 0. The Bertz CT molecular complexity index is 508. The Balaban J connectivity index is 2.23. The van der Waals surface area contributed by atoms with Gasteiger partial charge in [-0.3, -0.25) is 14.9 Å². The van der Waals surface area contributed by atoms with Crippen LogP contribution in [-0.4, -0.2) is 53.9 Å². The zero-order valence-corrected chi connectivity index (χ0v) is 11.1. The van der Waals surface area contributed by atoms with E-state index in [9.17, 15) is 14.9 Å². The number of carbonyl (C=O) groups is 1. The topological polar surface area (TPSA) is 66.7 Å². The van der Waals surface area contributed by atoms with Gasteiger partial charge in [0.25, 0.3) is 11.6 Å². The Hall–Kier alpha value is -1.95. The van der Waals surface area contributed by atoms with Gasteiger partial charge in [0.1, 0.15) is 0 Å². The second kappa shape index (κ2) is 5.36. The Kier molecular flexibility index (Phi) is 3.80. The van der Waals surface area contributed by atoms with Gasteiger partial charge in [-0.1, -0.05) is 6.07 Å². The first-order chi connectivity index (χ1) is 8.99. The molecule has 0 unspecified atom stereocenters. The smallest absolute Gasteiger partial charge is 0.270 e. The molecule has 1 heterocycles. The Labute approximate surface area is 111 Å². The van der Waals surface area contributed by atoms with E-state index in [1.54, 1.807) is 17.9 Å². The maximum atomic E-state index is 12.4. The number of likely N-dealkylation sites (N-methyl/N-ethyl adjacent to an activating group) is 1. The maximum absolute atomic E-state index is 12.4. The van der Waals surface area contributed by atoms with E-state index in [0.717, 1.165) is 18.7 Å². The molecular formula is C13H17N3O3. The minimum absolute atomic E-state index is 0.0388. The summed E-state index contributed by atoms with van der Waals surface area (Å²) in [5.41, 5.74) is 1.16. The monoisotopic (exact) mass is 263 g/mol. The summed E-state index contributed by atoms with van der Waals surface area (Å²) in [5.74, 6) is -0.116. The quantitative estimate of drug-likeness (QED) is 0.595. The molecule has 0 atom stereocenters. The van der Waals surface area contributed by atoms with Crippen LogP contribution in [0.1, 0.15) is 15.9 Å². The predicted molar refractivity (Wildman–Crippen MR) is 71.2 cm³/mol. The number of aryl methyl sites for hydroxylation is 1. The lowest BCUT2D eigenvalue weighted by Crippen LogP contribution is -2.47. The number of nitro benzene ring substituents is 1. The summed E-state index contributed by atoms with van der Waals surface area (Å²) < 4.78 is 0. The van der Waals surface area contributed by atoms with Crippen molar-refractivity contribution >= 4 is 11.6 Å². The molecule has 1 amide bonds. The van der Waals surface area contributed by atoms with Gasteiger partial charge >= 0.3 is 0 Å². The second-order valence-electron chi connectivity index (χ2n) is 4.85. The van der Waals surface area contributed by atoms with E-state index in [2.05, 4.69) is 4.90 Å². The summed E-state index contributed by atoms with van der Waals surface area (Å²) in [6.45, 7) is 4.79. The van der Waals surface area contributed by atoms with Gasteiger partial charge in [0.2, 0.25) is 0 Å². The molecule has 1 aromatic rings. The summed E-state index contributed by atoms with van der Waals surface area (Å²) in [6, 6.07) is 4.42. The summed E-state index contributed by atoms with van der Waals surface area (Å²) >= 11 is 0. The highest BCUT2D eigenvalue weighted by Crippen LogP contribution is 2.19. The van der Waals surface area contributed by atoms with Crippen molar-refractivity contribution in [1.82, 2.24) is 9.80 Å². The fourth-order valence-electron chi connectivity index (χ4n) is 2.13. The molecule has 1 aromatic carbocycles. The number of hydrogen-bond acceptors (Lipinski definition) is 4. The molecule has 1 aliphatic rings. The van der Waals surface area contributed by atoms with Crippen LogP contribution < -0.4 is 0 Å². The molecule has 0 aliphatic carbocycles. The van der Waals surface area contributed by atoms with Gasteiger partial charge in [0, 0.05) is 43.9 Å². The van der Waals surface area contributed by atoms with Crippen molar-refractivity contribution in [3.05, 3.63) is 39.4 Å². The lowest BCUT2D eigenvalue weighted by atomic mass is 10.1. The SMILES string of the molecule is Cc1ccc([N+](=O)[O-])cc1C(=O)N1CCN(C)CC1. The zero-order valence-electron chi connectivity index (χ0n) is 11.1. The lowest BCUT2D eigenvalue weighted by molar-refractivity contribution is -0.384. The van der Waals surface area contributed by atoms with Crippen LogP contribution in [0.3, 0.4) is 0 Å². The summed E-state index contributed by atoms with van der Waals surface area (Å²) in [6.07, 6.45) is 0. The van der Waals surface area contributed by atoms with Crippen molar-refractivity contribution in [1.29, 1.82) is 0 Å². The molecule has 0 aromatic heterocycles. The molecule has 1 fully saturated rings. The van der Waals surface area contributed by atoms with Gasteiger partial charge in [-0.2, -0.15) is 0 Å². The van der Waals surface area contributed by atoms with E-state index in [1.807, 2.05) is 7.05 Å². The number of amides is 1. The number of nitrogens with zero attached hydrogens (tertiary/aromatic N) is 3. The molecular weight excluding hydrogens is 246 g/mol. The average Bonchev–Trinajstić information content (AvgIpc) is 2.39. The lowest BCUT2D eigenvalue weighted by Gasteiger charge is -2.32. The molecule has 1 saturated heterocycles. The third kappa shape index (κ3) is 2.90. The second-order valence-corrected chi connectivity index (χ2v) is 4.85. The van der Waals surface area contributed by atoms with E-state index >= 15 is 0 Å². The van der Waals surface area contributed by atoms with Crippen molar-refractivity contribution in [3.8, 4) is 0 Å². The van der Waals surface area contributed by atoms with Crippen molar-refractivity contribution in [2.45, 2.75) is 6.92 Å². The fraction of sp³-hybridized carbons (Fsp3) is 0.462. The van der Waals surface area contributed by atoms with E-state index in [4.69, 9.17) is 0 Å². The molecule has 6 nitrogen and oxygen atoms in total. The third-order valence-corrected chi connectivity index (χ3v) is 3.45. The van der Waals surface area contributed by atoms with Gasteiger partial charge in [0.15, 0.2) is 0 Å². The van der Waals surface area contributed by atoms with E-state index in [-0.39, 0.29) is 11.6 Å². The largest absolute Gasteiger partial charge is 0.336 e. The standard InChI is InChI=1S/C13H17N3O3/c1-10-3-4-11(16(18)19)9-12(10)13(17)15-7-5-14(2)6-8-15/h3-4,9H,5-8H2,1-2H3. The van der Waals surface area contributed by atoms with Crippen LogP contribution in [0.5, 0.6) is 0 Å². The molecule has 1 aliphatic heterocycles. The van der Waals surface area contributed by atoms with Crippen molar-refractivity contribution in [2.75, 3.05) is 33.2 Å². The van der Waals surface area contributed by atoms with Crippen LogP contribution in [0.2, 0.25) is 0 Å². The molecule has 102 valence electrons. The minimum Gasteiger partial charge on any atom is -0.336 e. The van der Waals surface area contributed by atoms with E-state index < -0.39 is 4.92 Å². The first kappa shape index (κ1) is 13.5. The molecule has 0 N–H and O–H groups in total. The molecule has 0 spiro atoms. The number of non-ortho nitro benzene ring substituents is 1. The van der Waals surface area contributed by atoms with Crippen LogP contribution in [0.15, 0.2) is 18.2 Å². The van der Waals surface area contributed by atoms with E-state index in [1.165, 1.54) is 12.1 Å². The molecule has 0 bridgehead atoms. The van der Waals surface area contributed by atoms with Crippen LogP contribution in [0.25, 0.3) is 0 Å². The first-order valence-electron chi connectivity index (χ1n) is 6.22. The number of rotatable bonds is 2. The van der Waals surface area contributed by atoms with Gasteiger partial charge in [-0.05, 0) is 19.5 Å². The van der Waals surface area contributed by atoms with Crippen LogP contribution in [0.4, 0.5) is 5.69 Å².